The van der Waals surface area contributed by atoms with E-state index in [9.17, 15) is 18.0 Å². The first kappa shape index (κ1) is 16.7. The molecule has 0 aliphatic carbocycles. The van der Waals surface area contributed by atoms with Crippen molar-refractivity contribution < 1.29 is 13.2 Å². The van der Waals surface area contributed by atoms with Gasteiger partial charge < -0.3 is 4.90 Å². The molecular weight excluding hydrogens is 364 g/mol. The van der Waals surface area contributed by atoms with Gasteiger partial charge >= 0.3 is 0 Å². The minimum Gasteiger partial charge on any atom is -0.330 e. The fraction of sp³-hybridized carbons (Fsp3) is 0.533. The number of amides is 1. The van der Waals surface area contributed by atoms with Crippen LogP contribution in [0.2, 0.25) is 0 Å². The minimum absolute atomic E-state index is 0.0212. The highest BCUT2D eigenvalue weighted by atomic mass is 32.2. The van der Waals surface area contributed by atoms with Crippen LogP contribution in [0.3, 0.4) is 0 Å². The van der Waals surface area contributed by atoms with Crippen molar-refractivity contribution >= 4 is 32.0 Å². The van der Waals surface area contributed by atoms with Crippen molar-refractivity contribution in [2.45, 2.75) is 19.0 Å². The number of rotatable bonds is 2. The Morgan fingerprint density at radius 2 is 2.08 bits per heavy atom. The molecule has 10 heteroatoms. The van der Waals surface area contributed by atoms with Gasteiger partial charge in [0.15, 0.2) is 14.8 Å². The number of carbonyl (C=O) groups excluding carboxylic acids is 1. The zero-order valence-corrected chi connectivity index (χ0v) is 15.3. The Morgan fingerprint density at radius 1 is 1.32 bits per heavy atom. The van der Waals surface area contributed by atoms with Crippen LogP contribution in [0.5, 0.6) is 0 Å². The maximum Gasteiger partial charge on any atom is 0.274 e. The second-order valence-corrected chi connectivity index (χ2v) is 9.40. The Bertz CT molecular complexity index is 996. The first-order valence-electron chi connectivity index (χ1n) is 8.12. The van der Waals surface area contributed by atoms with Crippen molar-refractivity contribution in [3.8, 4) is 0 Å². The molecule has 0 bridgehead atoms. The average Bonchev–Trinajstić information content (AvgIpc) is 3.14. The second-order valence-electron chi connectivity index (χ2n) is 6.37. The van der Waals surface area contributed by atoms with Crippen molar-refractivity contribution in [3.63, 3.8) is 0 Å². The van der Waals surface area contributed by atoms with Gasteiger partial charge in [-0.3, -0.25) is 18.9 Å². The molecule has 2 saturated heterocycles. The van der Waals surface area contributed by atoms with Gasteiger partial charge in [0.1, 0.15) is 5.69 Å². The van der Waals surface area contributed by atoms with Crippen molar-refractivity contribution in [3.05, 3.63) is 33.7 Å². The first-order valence-corrected chi connectivity index (χ1v) is 10.8. The topological polar surface area (TPSA) is 92.1 Å². The Morgan fingerprint density at radius 3 is 2.84 bits per heavy atom. The fourth-order valence-corrected chi connectivity index (χ4v) is 6.56. The van der Waals surface area contributed by atoms with Crippen molar-refractivity contribution in [1.82, 2.24) is 19.2 Å². The van der Waals surface area contributed by atoms with Gasteiger partial charge in [-0.25, -0.2) is 8.42 Å². The summed E-state index contributed by atoms with van der Waals surface area (Å²) in [4.78, 5) is 33.1. The summed E-state index contributed by atoms with van der Waals surface area (Å²) in [5, 5.41) is 1.76. The predicted molar refractivity (Wildman–Crippen MR) is 93.9 cm³/mol. The van der Waals surface area contributed by atoms with E-state index >= 15 is 0 Å². The van der Waals surface area contributed by atoms with Crippen molar-refractivity contribution in [2.75, 3.05) is 31.1 Å². The molecule has 2 unspecified atom stereocenters. The third-order valence-electron chi connectivity index (χ3n) is 4.99. The Labute approximate surface area is 148 Å². The molecule has 4 heterocycles. The Balaban J connectivity index is 1.74. The van der Waals surface area contributed by atoms with Crippen molar-refractivity contribution in [1.29, 1.82) is 0 Å². The van der Waals surface area contributed by atoms with E-state index in [1.807, 2.05) is 6.92 Å². The zero-order chi connectivity index (χ0) is 17.8. The quantitative estimate of drug-likeness (QED) is 0.708. The highest BCUT2D eigenvalue weighted by Gasteiger charge is 2.47. The molecule has 0 radical (unpaired) electrons. The number of piperazine rings is 1. The van der Waals surface area contributed by atoms with Gasteiger partial charge in [0.25, 0.3) is 11.5 Å². The van der Waals surface area contributed by atoms with Crippen LogP contribution in [-0.4, -0.2) is 76.7 Å². The van der Waals surface area contributed by atoms with Crippen LogP contribution in [-0.2, 0) is 9.84 Å². The zero-order valence-electron chi connectivity index (χ0n) is 13.7. The molecule has 4 rings (SSSR count). The van der Waals surface area contributed by atoms with Crippen LogP contribution in [0.25, 0.3) is 4.96 Å². The number of fused-ring (bicyclic) bond motifs is 2. The molecule has 25 heavy (non-hydrogen) atoms. The highest BCUT2D eigenvalue weighted by molar-refractivity contribution is 7.91. The van der Waals surface area contributed by atoms with E-state index in [4.69, 9.17) is 0 Å². The van der Waals surface area contributed by atoms with E-state index in [1.165, 1.54) is 17.4 Å². The molecule has 2 aliphatic rings. The van der Waals surface area contributed by atoms with Gasteiger partial charge in [-0.1, -0.05) is 6.92 Å². The highest BCUT2D eigenvalue weighted by Crippen LogP contribution is 2.28. The molecule has 0 aromatic carbocycles. The second kappa shape index (κ2) is 5.89. The molecule has 8 nitrogen and oxygen atoms in total. The summed E-state index contributed by atoms with van der Waals surface area (Å²) in [6, 6.07) is 0.681. The number of hydrogen-bond acceptors (Lipinski definition) is 7. The molecule has 2 aromatic heterocycles. The fourth-order valence-electron chi connectivity index (χ4n) is 3.83. The van der Waals surface area contributed by atoms with E-state index in [2.05, 4.69) is 9.88 Å². The molecule has 2 aliphatic heterocycles. The van der Waals surface area contributed by atoms with E-state index in [1.54, 1.807) is 20.9 Å². The summed E-state index contributed by atoms with van der Waals surface area (Å²) < 4.78 is 25.9. The first-order chi connectivity index (χ1) is 11.9. The summed E-state index contributed by atoms with van der Waals surface area (Å²) in [5.74, 6) is -0.248. The molecule has 0 spiro atoms. The Kier molecular flexibility index (Phi) is 3.93. The van der Waals surface area contributed by atoms with Crippen molar-refractivity contribution in [2.24, 2.45) is 0 Å². The number of aromatic nitrogens is 2. The molecular formula is C15H18N4O4S2. The number of likely N-dealkylation sites (N-methyl/N-ethyl adjacent to an activating group) is 1. The number of sulfone groups is 1. The van der Waals surface area contributed by atoms with E-state index in [0.717, 1.165) is 6.54 Å². The van der Waals surface area contributed by atoms with Crippen LogP contribution < -0.4 is 5.56 Å². The van der Waals surface area contributed by atoms with Gasteiger partial charge in [-0.2, -0.15) is 4.98 Å². The Hall–Kier alpha value is -1.78. The van der Waals surface area contributed by atoms with E-state index < -0.39 is 15.4 Å². The maximum atomic E-state index is 13.1. The lowest BCUT2D eigenvalue weighted by molar-refractivity contribution is 0.0343. The lowest BCUT2D eigenvalue weighted by atomic mass is 10.0. The number of carbonyl (C=O) groups is 1. The monoisotopic (exact) mass is 382 g/mol. The lowest BCUT2D eigenvalue weighted by Gasteiger charge is -2.43. The molecule has 2 atom stereocenters. The molecule has 2 fully saturated rings. The smallest absolute Gasteiger partial charge is 0.274 e. The molecule has 134 valence electrons. The summed E-state index contributed by atoms with van der Waals surface area (Å²) in [5.41, 5.74) is -0.224. The standard InChI is InChI=1S/C15H18N4O4S2/c1-2-17-3-4-18(12-9-25(22,23)8-11(12)17)14(21)10-7-13(20)16-15-19(10)5-6-24-15/h5-7,11-12H,2-4,8-9H2,1H3. The van der Waals surface area contributed by atoms with Gasteiger partial charge in [-0.05, 0) is 6.54 Å². The normalized spacial score (nSPS) is 26.0. The number of thiazole rings is 1. The molecule has 1 amide bonds. The molecule has 0 saturated carbocycles. The third kappa shape index (κ3) is 2.77. The largest absolute Gasteiger partial charge is 0.330 e. The van der Waals surface area contributed by atoms with Crippen LogP contribution in [0.1, 0.15) is 17.4 Å². The number of hydrogen-bond donors (Lipinski definition) is 0. The average molecular weight is 382 g/mol. The predicted octanol–water partition coefficient (Wildman–Crippen LogP) is -0.301. The van der Waals surface area contributed by atoms with Crippen LogP contribution in [0.4, 0.5) is 0 Å². The maximum absolute atomic E-state index is 13.1. The molecule has 0 N–H and O–H groups in total. The summed E-state index contributed by atoms with van der Waals surface area (Å²) in [6.45, 7) is 3.83. The van der Waals surface area contributed by atoms with Gasteiger partial charge in [0.2, 0.25) is 0 Å². The van der Waals surface area contributed by atoms with E-state index in [-0.39, 0.29) is 35.2 Å². The van der Waals surface area contributed by atoms with Gasteiger partial charge in [0.05, 0.1) is 17.5 Å². The molecule has 2 aromatic rings. The summed E-state index contributed by atoms with van der Waals surface area (Å²) in [6.07, 6.45) is 1.70. The van der Waals surface area contributed by atoms with Crippen LogP contribution in [0, 0.1) is 0 Å². The third-order valence-corrected chi connectivity index (χ3v) is 7.45. The summed E-state index contributed by atoms with van der Waals surface area (Å²) >= 11 is 1.28. The van der Waals surface area contributed by atoms with Crippen LogP contribution >= 0.6 is 11.3 Å². The lowest BCUT2D eigenvalue weighted by Crippen LogP contribution is -2.60. The summed E-state index contributed by atoms with van der Waals surface area (Å²) in [7, 11) is -3.17. The van der Waals surface area contributed by atoms with Crippen LogP contribution in [0.15, 0.2) is 22.4 Å². The minimum atomic E-state index is -3.17. The van der Waals surface area contributed by atoms with Gasteiger partial charge in [-0.15, -0.1) is 11.3 Å². The van der Waals surface area contributed by atoms with Gasteiger partial charge in [0, 0.05) is 36.8 Å². The van der Waals surface area contributed by atoms with E-state index in [0.29, 0.717) is 18.1 Å². The number of nitrogens with zero attached hydrogens (tertiary/aromatic N) is 4. The SMILES string of the molecule is CCN1CCN(C(=O)c2cc(=O)nc3sccn23)C2CS(=O)(=O)CC21.